The fraction of sp³-hybridized carbons (Fsp3) is 0.429. The van der Waals surface area contributed by atoms with Gasteiger partial charge in [0.25, 0.3) is 0 Å². The van der Waals surface area contributed by atoms with Gasteiger partial charge in [-0.3, -0.25) is 9.78 Å². The van der Waals surface area contributed by atoms with E-state index in [2.05, 4.69) is 15.0 Å². The Bertz CT molecular complexity index is 697. The molecule has 0 aliphatic carbocycles. The normalized spacial score (nSPS) is 16.4. The number of fused-ring (bicyclic) bond motifs is 1. The van der Waals surface area contributed by atoms with E-state index in [0.717, 1.165) is 41.8 Å². The topological polar surface area (TPSA) is 85.0 Å². The van der Waals surface area contributed by atoms with E-state index in [4.69, 9.17) is 5.73 Å². The number of aromatic nitrogens is 3. The predicted molar refractivity (Wildman–Crippen MR) is 85.0 cm³/mol. The molecule has 3 rings (SSSR count). The van der Waals surface area contributed by atoms with Crippen molar-refractivity contribution in [3.05, 3.63) is 18.1 Å². The Morgan fingerprint density at radius 1 is 1.33 bits per heavy atom. The molecule has 2 aromatic rings. The number of carbonyl (C=O) groups is 1. The minimum absolute atomic E-state index is 0.157. The summed E-state index contributed by atoms with van der Waals surface area (Å²) >= 11 is 0. The number of pyridine rings is 1. The summed E-state index contributed by atoms with van der Waals surface area (Å²) < 4.78 is 0. The molecular weight excluding hydrogens is 285 g/mol. The fourth-order valence-corrected chi connectivity index (χ4v) is 4.77. The summed E-state index contributed by atoms with van der Waals surface area (Å²) in [6.07, 6.45) is 3.79. The number of anilines is 1. The third kappa shape index (κ3) is 2.81. The number of nitrogens with zero attached hydrogens (tertiary/aromatic N) is 4. The van der Waals surface area contributed by atoms with Crippen LogP contribution in [0.2, 0.25) is 0 Å². The van der Waals surface area contributed by atoms with Crippen LogP contribution in [0.3, 0.4) is 0 Å². The minimum atomic E-state index is -0.328. The number of hydrogen-bond acceptors (Lipinski definition) is 5. The number of amides is 1. The van der Waals surface area contributed by atoms with Crippen molar-refractivity contribution >= 4 is 36.0 Å². The number of nitrogens with two attached hydrogens (primary N) is 1. The summed E-state index contributed by atoms with van der Waals surface area (Å²) in [5.41, 5.74) is 7.87. The van der Waals surface area contributed by atoms with Crippen molar-refractivity contribution in [3.63, 3.8) is 0 Å². The zero-order valence-electron chi connectivity index (χ0n) is 12.2. The van der Waals surface area contributed by atoms with Gasteiger partial charge >= 0.3 is 0 Å². The highest BCUT2D eigenvalue weighted by Gasteiger charge is 2.22. The van der Waals surface area contributed by atoms with Crippen molar-refractivity contribution in [1.29, 1.82) is 0 Å². The van der Waals surface area contributed by atoms with Gasteiger partial charge in [-0.25, -0.2) is 9.97 Å². The molecule has 0 atom stereocenters. The van der Waals surface area contributed by atoms with Crippen molar-refractivity contribution in [2.24, 2.45) is 0 Å². The lowest BCUT2D eigenvalue weighted by Gasteiger charge is -2.31. The lowest BCUT2D eigenvalue weighted by atomic mass is 10.3. The smallest absolute Gasteiger partial charge is 0.219 e. The first-order valence-corrected chi connectivity index (χ1v) is 8.66. The van der Waals surface area contributed by atoms with Crippen LogP contribution in [0.4, 0.5) is 5.82 Å². The summed E-state index contributed by atoms with van der Waals surface area (Å²) in [4.78, 5) is 26.4. The average molecular weight is 303 g/mol. The van der Waals surface area contributed by atoms with Crippen LogP contribution in [0.5, 0.6) is 0 Å². The summed E-state index contributed by atoms with van der Waals surface area (Å²) in [5.74, 6) is 1.33. The molecule has 7 heteroatoms. The Kier molecular flexibility index (Phi) is 3.72. The largest absolute Gasteiger partial charge is 0.383 e. The lowest BCUT2D eigenvalue weighted by Crippen LogP contribution is -2.38. The number of hydrogen-bond donors (Lipinski definition) is 1. The molecule has 6 nitrogen and oxygen atoms in total. The first-order chi connectivity index (χ1) is 10.0. The maximum absolute atomic E-state index is 11.4. The average Bonchev–Trinajstić information content (AvgIpc) is 2.47. The van der Waals surface area contributed by atoms with Crippen LogP contribution < -0.4 is 11.2 Å². The van der Waals surface area contributed by atoms with E-state index < -0.39 is 0 Å². The molecule has 110 valence electrons. The van der Waals surface area contributed by atoms with Gasteiger partial charge in [-0.05, 0) is 25.3 Å². The summed E-state index contributed by atoms with van der Waals surface area (Å²) in [6.45, 7) is 5.09. The number of carbonyl (C=O) groups excluding carboxylic acids is 1. The van der Waals surface area contributed by atoms with E-state index in [1.165, 1.54) is 0 Å². The minimum Gasteiger partial charge on any atom is -0.383 e. The van der Waals surface area contributed by atoms with Crippen molar-refractivity contribution in [2.75, 3.05) is 31.1 Å². The van der Waals surface area contributed by atoms with Gasteiger partial charge in [-0.15, -0.1) is 0 Å². The van der Waals surface area contributed by atoms with Crippen LogP contribution in [-0.2, 0) is 4.79 Å². The van der Waals surface area contributed by atoms with Crippen LogP contribution in [0.1, 0.15) is 12.7 Å². The van der Waals surface area contributed by atoms with Crippen molar-refractivity contribution < 1.29 is 4.79 Å². The third-order valence-corrected chi connectivity index (χ3v) is 6.13. The molecule has 0 saturated carbocycles. The van der Waals surface area contributed by atoms with Gasteiger partial charge in [0, 0.05) is 25.4 Å². The molecule has 1 saturated heterocycles. The van der Waals surface area contributed by atoms with Crippen LogP contribution in [-0.4, -0.2) is 51.2 Å². The molecule has 0 radical (unpaired) electrons. The van der Waals surface area contributed by atoms with Gasteiger partial charge in [0.2, 0.25) is 5.91 Å². The van der Waals surface area contributed by atoms with Crippen LogP contribution >= 0.6 is 7.92 Å². The van der Waals surface area contributed by atoms with Crippen molar-refractivity contribution in [1.82, 2.24) is 19.9 Å². The molecule has 2 aromatic heterocycles. The monoisotopic (exact) mass is 303 g/mol. The molecule has 0 spiro atoms. The molecule has 0 unspecified atom stereocenters. The van der Waals surface area contributed by atoms with Gasteiger partial charge < -0.3 is 10.6 Å². The fourth-order valence-electron chi connectivity index (χ4n) is 2.59. The second kappa shape index (κ2) is 5.53. The second-order valence-electron chi connectivity index (χ2n) is 5.21. The third-order valence-electron chi connectivity index (χ3n) is 3.76. The van der Waals surface area contributed by atoms with Crippen LogP contribution in [0, 0.1) is 6.92 Å². The highest BCUT2D eigenvalue weighted by molar-refractivity contribution is 7.65. The second-order valence-corrected chi connectivity index (χ2v) is 7.64. The van der Waals surface area contributed by atoms with Gasteiger partial charge in [0.15, 0.2) is 0 Å². The molecule has 0 bridgehead atoms. The lowest BCUT2D eigenvalue weighted by molar-refractivity contribution is -0.128. The summed E-state index contributed by atoms with van der Waals surface area (Å²) in [5, 5.41) is 0.877. The summed E-state index contributed by atoms with van der Waals surface area (Å²) in [7, 11) is -0.328. The molecule has 1 aliphatic heterocycles. The molecule has 3 heterocycles. The number of aryl methyl sites for hydroxylation is 1. The SMILES string of the molecule is CC(=O)N1CCP(c2cc3c(N)nc(C)nc3cn2)CC1. The van der Waals surface area contributed by atoms with Gasteiger partial charge in [0.05, 0.1) is 17.1 Å². The number of nitrogen functional groups attached to an aromatic ring is 1. The predicted octanol–water partition coefficient (Wildman–Crippen LogP) is 0.885. The first kappa shape index (κ1) is 14.1. The Hall–Kier alpha value is -1.81. The maximum atomic E-state index is 11.4. The molecule has 2 N–H and O–H groups in total. The standard InChI is InChI=1S/C14H18N5OP/c1-9-17-12-8-16-13(7-11(12)14(15)18-9)21-5-3-19(4-6-21)10(2)20/h7-8H,3-6H2,1-2H3,(H2,15,17,18). The van der Waals surface area contributed by atoms with Crippen molar-refractivity contribution in [2.45, 2.75) is 13.8 Å². The zero-order valence-corrected chi connectivity index (χ0v) is 13.1. The highest BCUT2D eigenvalue weighted by Crippen LogP contribution is 2.36. The number of rotatable bonds is 1. The summed E-state index contributed by atoms with van der Waals surface area (Å²) in [6, 6.07) is 2.03. The van der Waals surface area contributed by atoms with E-state index in [0.29, 0.717) is 11.6 Å². The Labute approximate surface area is 124 Å². The Balaban J connectivity index is 1.87. The molecule has 1 fully saturated rings. The maximum Gasteiger partial charge on any atom is 0.219 e. The van der Waals surface area contributed by atoms with Gasteiger partial charge in [-0.1, -0.05) is 7.92 Å². The van der Waals surface area contributed by atoms with E-state index in [1.807, 2.05) is 17.9 Å². The van der Waals surface area contributed by atoms with E-state index in [9.17, 15) is 4.79 Å². The quantitative estimate of drug-likeness (QED) is 0.791. The van der Waals surface area contributed by atoms with Crippen LogP contribution in [0.25, 0.3) is 10.9 Å². The Morgan fingerprint density at radius 3 is 2.71 bits per heavy atom. The molecule has 1 aliphatic rings. The molecule has 21 heavy (non-hydrogen) atoms. The van der Waals surface area contributed by atoms with E-state index >= 15 is 0 Å². The zero-order chi connectivity index (χ0) is 15.0. The van der Waals surface area contributed by atoms with Gasteiger partial charge in [0.1, 0.15) is 11.6 Å². The van der Waals surface area contributed by atoms with Crippen molar-refractivity contribution in [3.8, 4) is 0 Å². The van der Waals surface area contributed by atoms with E-state index in [1.54, 1.807) is 13.1 Å². The molecular formula is C14H18N5OP. The van der Waals surface area contributed by atoms with Gasteiger partial charge in [-0.2, -0.15) is 0 Å². The van der Waals surface area contributed by atoms with E-state index in [-0.39, 0.29) is 13.8 Å². The highest BCUT2D eigenvalue weighted by atomic mass is 31.1. The molecule has 1 amide bonds. The first-order valence-electron chi connectivity index (χ1n) is 6.95. The van der Waals surface area contributed by atoms with Crippen LogP contribution in [0.15, 0.2) is 12.3 Å². The Morgan fingerprint density at radius 2 is 2.05 bits per heavy atom. The molecule has 0 aromatic carbocycles.